The van der Waals surface area contributed by atoms with Crippen LogP contribution >= 0.6 is 0 Å². The smallest absolute Gasteiger partial charge is 0.333 e. The van der Waals surface area contributed by atoms with Crippen molar-refractivity contribution < 1.29 is 24.2 Å². The SMILES string of the molecule is CCOC(=O)C(C)(C)n1cc(NC(=O)N2CCCC(C(=O)O)C2)cn1. The van der Waals surface area contributed by atoms with Crippen molar-refractivity contribution in [2.24, 2.45) is 5.92 Å². The number of carboxylic acid groups (broad SMARTS) is 1. The van der Waals surface area contributed by atoms with Crippen LogP contribution in [-0.2, 0) is 19.9 Å². The number of nitrogens with one attached hydrogen (secondary N) is 1. The molecule has 138 valence electrons. The zero-order valence-electron chi connectivity index (χ0n) is 14.7. The van der Waals surface area contributed by atoms with Gasteiger partial charge >= 0.3 is 18.0 Å². The van der Waals surface area contributed by atoms with Gasteiger partial charge in [0.1, 0.15) is 0 Å². The molecule has 0 aliphatic carbocycles. The van der Waals surface area contributed by atoms with Gasteiger partial charge in [0.15, 0.2) is 5.54 Å². The molecule has 1 atom stereocenters. The molecule has 0 aromatic carbocycles. The van der Waals surface area contributed by atoms with Gasteiger partial charge in [0, 0.05) is 19.3 Å². The maximum atomic E-state index is 12.3. The molecule has 0 radical (unpaired) electrons. The molecule has 25 heavy (non-hydrogen) atoms. The number of esters is 1. The molecule has 0 bridgehead atoms. The molecule has 2 rings (SSSR count). The number of piperidine rings is 1. The number of carboxylic acids is 1. The zero-order chi connectivity index (χ0) is 18.6. The highest BCUT2D eigenvalue weighted by atomic mass is 16.5. The number of anilines is 1. The van der Waals surface area contributed by atoms with E-state index in [2.05, 4.69) is 10.4 Å². The number of rotatable bonds is 5. The summed E-state index contributed by atoms with van der Waals surface area (Å²) in [7, 11) is 0. The summed E-state index contributed by atoms with van der Waals surface area (Å²) in [6.45, 7) is 6.04. The van der Waals surface area contributed by atoms with E-state index in [-0.39, 0.29) is 19.2 Å². The molecule has 2 N–H and O–H groups in total. The topological polar surface area (TPSA) is 114 Å². The van der Waals surface area contributed by atoms with E-state index in [4.69, 9.17) is 9.84 Å². The number of likely N-dealkylation sites (tertiary alicyclic amines) is 1. The molecule has 2 amide bonds. The summed E-state index contributed by atoms with van der Waals surface area (Å²) < 4.78 is 6.46. The molecular formula is C16H24N4O5. The highest BCUT2D eigenvalue weighted by Gasteiger charge is 2.33. The summed E-state index contributed by atoms with van der Waals surface area (Å²) in [6, 6.07) is -0.376. The number of hydrogen-bond acceptors (Lipinski definition) is 5. The van der Waals surface area contributed by atoms with Crippen molar-refractivity contribution in [3.63, 3.8) is 0 Å². The largest absolute Gasteiger partial charge is 0.481 e. The Hall–Kier alpha value is -2.58. The zero-order valence-corrected chi connectivity index (χ0v) is 14.7. The molecule has 2 heterocycles. The summed E-state index contributed by atoms with van der Waals surface area (Å²) in [5, 5.41) is 15.9. The average Bonchev–Trinajstić information content (AvgIpc) is 3.04. The van der Waals surface area contributed by atoms with Gasteiger partial charge in [-0.3, -0.25) is 9.48 Å². The van der Waals surface area contributed by atoms with Crippen LogP contribution in [0.4, 0.5) is 10.5 Å². The van der Waals surface area contributed by atoms with Crippen LogP contribution in [0.2, 0.25) is 0 Å². The lowest BCUT2D eigenvalue weighted by atomic mass is 9.99. The fraction of sp³-hybridized carbons (Fsp3) is 0.625. The fourth-order valence-electron chi connectivity index (χ4n) is 2.66. The molecule has 1 fully saturated rings. The van der Waals surface area contributed by atoms with Crippen molar-refractivity contribution in [2.75, 3.05) is 25.0 Å². The van der Waals surface area contributed by atoms with E-state index in [1.807, 2.05) is 0 Å². The Kier molecular flexibility index (Phi) is 5.66. The monoisotopic (exact) mass is 352 g/mol. The van der Waals surface area contributed by atoms with Crippen LogP contribution < -0.4 is 5.32 Å². The van der Waals surface area contributed by atoms with Gasteiger partial charge in [0.2, 0.25) is 0 Å². The number of ether oxygens (including phenoxy) is 1. The second-order valence-electron chi connectivity index (χ2n) is 6.51. The van der Waals surface area contributed by atoms with Crippen LogP contribution in [0.1, 0.15) is 33.6 Å². The number of urea groups is 1. The van der Waals surface area contributed by atoms with Gasteiger partial charge in [0.25, 0.3) is 0 Å². The summed E-state index contributed by atoms with van der Waals surface area (Å²) >= 11 is 0. The van der Waals surface area contributed by atoms with Crippen LogP contribution in [-0.4, -0.2) is 57.5 Å². The van der Waals surface area contributed by atoms with E-state index in [0.29, 0.717) is 25.1 Å². The van der Waals surface area contributed by atoms with E-state index in [1.165, 1.54) is 15.8 Å². The molecule has 9 heteroatoms. The number of nitrogens with zero attached hydrogens (tertiary/aromatic N) is 3. The third kappa shape index (κ3) is 4.28. The van der Waals surface area contributed by atoms with Crippen LogP contribution in [0.25, 0.3) is 0 Å². The molecule has 1 saturated heterocycles. The molecular weight excluding hydrogens is 328 g/mol. The van der Waals surface area contributed by atoms with Crippen molar-refractivity contribution in [3.05, 3.63) is 12.4 Å². The number of carbonyl (C=O) groups is 3. The van der Waals surface area contributed by atoms with Crippen LogP contribution in [0.5, 0.6) is 0 Å². The Morgan fingerprint density at radius 3 is 2.80 bits per heavy atom. The van der Waals surface area contributed by atoms with E-state index < -0.39 is 23.4 Å². The van der Waals surface area contributed by atoms with E-state index in [1.54, 1.807) is 27.0 Å². The molecule has 1 aliphatic rings. The summed E-state index contributed by atoms with van der Waals surface area (Å²) in [4.78, 5) is 36.9. The van der Waals surface area contributed by atoms with Crippen molar-refractivity contribution in [1.82, 2.24) is 14.7 Å². The molecule has 1 aromatic heterocycles. The molecule has 9 nitrogen and oxygen atoms in total. The average molecular weight is 352 g/mol. The number of aromatic nitrogens is 2. The molecule has 1 unspecified atom stereocenters. The maximum absolute atomic E-state index is 12.3. The van der Waals surface area contributed by atoms with Gasteiger partial charge in [-0.05, 0) is 33.6 Å². The Morgan fingerprint density at radius 1 is 1.44 bits per heavy atom. The van der Waals surface area contributed by atoms with Crippen LogP contribution in [0, 0.1) is 5.92 Å². The summed E-state index contributed by atoms with van der Waals surface area (Å²) in [5.74, 6) is -1.84. The highest BCUT2D eigenvalue weighted by Crippen LogP contribution is 2.21. The van der Waals surface area contributed by atoms with Crippen molar-refractivity contribution in [3.8, 4) is 0 Å². The first-order valence-corrected chi connectivity index (χ1v) is 8.26. The minimum absolute atomic E-state index is 0.184. The number of carbonyl (C=O) groups excluding carboxylic acids is 2. The Bertz CT molecular complexity index is 655. The van der Waals surface area contributed by atoms with Crippen LogP contribution in [0.15, 0.2) is 12.4 Å². The summed E-state index contributed by atoms with van der Waals surface area (Å²) in [5.41, 5.74) is -0.571. The van der Waals surface area contributed by atoms with Crippen molar-refractivity contribution >= 4 is 23.7 Å². The van der Waals surface area contributed by atoms with Crippen LogP contribution in [0.3, 0.4) is 0 Å². The lowest BCUT2D eigenvalue weighted by Gasteiger charge is -2.30. The fourth-order valence-corrected chi connectivity index (χ4v) is 2.66. The molecule has 1 aliphatic heterocycles. The van der Waals surface area contributed by atoms with Crippen molar-refractivity contribution in [1.29, 1.82) is 0 Å². The third-order valence-corrected chi connectivity index (χ3v) is 4.24. The lowest BCUT2D eigenvalue weighted by molar-refractivity contribution is -0.152. The Labute approximate surface area is 145 Å². The first-order chi connectivity index (χ1) is 11.8. The second-order valence-corrected chi connectivity index (χ2v) is 6.51. The Balaban J connectivity index is 2.02. The molecule has 0 spiro atoms. The first kappa shape index (κ1) is 18.8. The standard InChI is InChI=1S/C16H24N4O5/c1-4-25-14(23)16(2,3)20-10-12(8-17-20)18-15(24)19-7-5-6-11(9-19)13(21)22/h8,10-11H,4-7,9H2,1-3H3,(H,18,24)(H,21,22). The second kappa shape index (κ2) is 7.54. The lowest BCUT2D eigenvalue weighted by Crippen LogP contribution is -2.44. The predicted octanol–water partition coefficient (Wildman–Crippen LogP) is 1.51. The normalized spacial score (nSPS) is 17.9. The van der Waals surface area contributed by atoms with E-state index in [0.717, 1.165) is 0 Å². The van der Waals surface area contributed by atoms with E-state index >= 15 is 0 Å². The summed E-state index contributed by atoms with van der Waals surface area (Å²) in [6.07, 6.45) is 4.22. The Morgan fingerprint density at radius 2 is 2.16 bits per heavy atom. The third-order valence-electron chi connectivity index (χ3n) is 4.24. The number of aliphatic carboxylic acids is 1. The maximum Gasteiger partial charge on any atom is 0.333 e. The predicted molar refractivity (Wildman–Crippen MR) is 89.1 cm³/mol. The van der Waals surface area contributed by atoms with E-state index in [9.17, 15) is 14.4 Å². The minimum atomic E-state index is -1.00. The first-order valence-electron chi connectivity index (χ1n) is 8.26. The van der Waals surface area contributed by atoms with Gasteiger partial charge in [-0.25, -0.2) is 9.59 Å². The number of amides is 2. The molecule has 0 saturated carbocycles. The molecule has 1 aromatic rings. The minimum Gasteiger partial charge on any atom is -0.481 e. The van der Waals surface area contributed by atoms with Gasteiger partial charge in [-0.15, -0.1) is 0 Å². The van der Waals surface area contributed by atoms with Gasteiger partial charge in [0.05, 0.1) is 24.4 Å². The van der Waals surface area contributed by atoms with Crippen molar-refractivity contribution in [2.45, 2.75) is 39.2 Å². The van der Waals surface area contributed by atoms with Gasteiger partial charge in [-0.1, -0.05) is 0 Å². The van der Waals surface area contributed by atoms with Gasteiger partial charge < -0.3 is 20.1 Å². The quantitative estimate of drug-likeness (QED) is 0.777. The number of hydrogen-bond donors (Lipinski definition) is 2. The highest BCUT2D eigenvalue weighted by molar-refractivity contribution is 5.89. The van der Waals surface area contributed by atoms with Gasteiger partial charge in [-0.2, -0.15) is 5.10 Å².